The Morgan fingerprint density at radius 2 is 2.05 bits per heavy atom. The van der Waals surface area contributed by atoms with Gasteiger partial charge in [0.1, 0.15) is 0 Å². The Morgan fingerprint density at radius 1 is 1.35 bits per heavy atom. The van der Waals surface area contributed by atoms with E-state index in [4.69, 9.17) is 4.98 Å². The van der Waals surface area contributed by atoms with Crippen molar-refractivity contribution in [3.05, 3.63) is 10.6 Å². The van der Waals surface area contributed by atoms with E-state index >= 15 is 0 Å². The largest absolute Gasteiger partial charge is 0.345 e. The van der Waals surface area contributed by atoms with Gasteiger partial charge in [-0.3, -0.25) is 0 Å². The zero-order chi connectivity index (χ0) is 14.9. The molecule has 0 saturated carbocycles. The molecular formula is C16H29N3S. The first-order valence-corrected chi connectivity index (χ1v) is 8.56. The molecule has 1 aromatic rings. The van der Waals surface area contributed by atoms with E-state index < -0.39 is 0 Å². The third-order valence-electron chi connectivity index (χ3n) is 4.12. The first-order valence-electron chi connectivity index (χ1n) is 7.74. The van der Waals surface area contributed by atoms with Gasteiger partial charge in [-0.1, -0.05) is 27.7 Å². The molecule has 1 aliphatic rings. The number of thiazole rings is 1. The van der Waals surface area contributed by atoms with Crippen LogP contribution in [0.4, 0.5) is 5.13 Å². The summed E-state index contributed by atoms with van der Waals surface area (Å²) in [7, 11) is 2.01. The maximum absolute atomic E-state index is 5.00. The van der Waals surface area contributed by atoms with E-state index in [1.165, 1.54) is 28.5 Å². The van der Waals surface area contributed by atoms with Gasteiger partial charge in [0.25, 0.3) is 0 Å². The van der Waals surface area contributed by atoms with Crippen LogP contribution >= 0.6 is 11.3 Å². The van der Waals surface area contributed by atoms with Crippen molar-refractivity contribution in [3.63, 3.8) is 0 Å². The smallest absolute Gasteiger partial charge is 0.186 e. The van der Waals surface area contributed by atoms with Crippen LogP contribution < -0.4 is 10.2 Å². The topological polar surface area (TPSA) is 28.2 Å². The van der Waals surface area contributed by atoms with Gasteiger partial charge in [0.2, 0.25) is 0 Å². The van der Waals surface area contributed by atoms with E-state index in [1.807, 2.05) is 18.4 Å². The minimum atomic E-state index is 0.118. The van der Waals surface area contributed by atoms with Gasteiger partial charge in [0, 0.05) is 29.4 Å². The number of nitrogens with one attached hydrogen (secondary N) is 1. The van der Waals surface area contributed by atoms with Crippen LogP contribution in [0.25, 0.3) is 0 Å². The van der Waals surface area contributed by atoms with Crippen LogP contribution in [0, 0.1) is 5.92 Å². The van der Waals surface area contributed by atoms with Crippen LogP contribution in [0.15, 0.2) is 0 Å². The molecule has 2 rings (SSSR count). The molecule has 0 amide bonds. The molecule has 0 aromatic carbocycles. The van der Waals surface area contributed by atoms with E-state index in [1.54, 1.807) is 0 Å². The highest BCUT2D eigenvalue weighted by molar-refractivity contribution is 7.15. The number of piperidine rings is 1. The lowest BCUT2D eigenvalue weighted by atomic mass is 9.91. The lowest BCUT2D eigenvalue weighted by Gasteiger charge is -2.36. The lowest BCUT2D eigenvalue weighted by Crippen LogP contribution is -2.40. The van der Waals surface area contributed by atoms with Crippen LogP contribution in [0.2, 0.25) is 0 Å². The van der Waals surface area contributed by atoms with Gasteiger partial charge in [-0.2, -0.15) is 0 Å². The van der Waals surface area contributed by atoms with Crippen LogP contribution in [0.1, 0.15) is 58.0 Å². The summed E-state index contributed by atoms with van der Waals surface area (Å²) in [6.45, 7) is 13.5. The second-order valence-corrected chi connectivity index (χ2v) is 8.28. The lowest BCUT2D eigenvalue weighted by molar-refractivity contribution is 0.377. The van der Waals surface area contributed by atoms with E-state index in [0.29, 0.717) is 6.04 Å². The fraction of sp³-hybridized carbons (Fsp3) is 0.812. The highest BCUT2D eigenvalue weighted by Gasteiger charge is 2.29. The number of aromatic nitrogens is 1. The van der Waals surface area contributed by atoms with Gasteiger partial charge >= 0.3 is 0 Å². The minimum Gasteiger partial charge on any atom is -0.345 e. The zero-order valence-electron chi connectivity index (χ0n) is 13.8. The Bertz CT molecular complexity index is 447. The molecule has 1 N–H and O–H groups in total. The summed E-state index contributed by atoms with van der Waals surface area (Å²) >= 11 is 1.87. The fourth-order valence-corrected chi connectivity index (χ4v) is 4.43. The predicted octanol–water partition coefficient (Wildman–Crippen LogP) is 3.78. The SMILES string of the molecule is CNCc1sc(N2CCC(C)CC2C)nc1C(C)(C)C. The van der Waals surface area contributed by atoms with Gasteiger partial charge in [-0.05, 0) is 32.7 Å². The molecule has 1 aromatic heterocycles. The zero-order valence-corrected chi connectivity index (χ0v) is 14.6. The summed E-state index contributed by atoms with van der Waals surface area (Å²) in [5.74, 6) is 0.847. The van der Waals surface area contributed by atoms with Gasteiger partial charge in [-0.25, -0.2) is 4.98 Å². The van der Waals surface area contributed by atoms with E-state index in [-0.39, 0.29) is 5.41 Å². The Hall–Kier alpha value is -0.610. The van der Waals surface area contributed by atoms with Crippen LogP contribution in [-0.4, -0.2) is 24.6 Å². The quantitative estimate of drug-likeness (QED) is 0.919. The first kappa shape index (κ1) is 15.8. The molecule has 4 heteroatoms. The molecule has 1 saturated heterocycles. The average Bonchev–Trinajstić information content (AvgIpc) is 2.73. The van der Waals surface area contributed by atoms with Crippen molar-refractivity contribution in [1.82, 2.24) is 10.3 Å². The molecule has 0 aliphatic carbocycles. The minimum absolute atomic E-state index is 0.118. The normalized spacial score (nSPS) is 24.2. The Morgan fingerprint density at radius 3 is 2.60 bits per heavy atom. The Kier molecular flexibility index (Phi) is 4.75. The molecular weight excluding hydrogens is 266 g/mol. The van der Waals surface area contributed by atoms with Crippen molar-refractivity contribution in [1.29, 1.82) is 0 Å². The third-order valence-corrected chi connectivity index (χ3v) is 5.21. The molecule has 0 bridgehead atoms. The van der Waals surface area contributed by atoms with Crippen LogP contribution in [-0.2, 0) is 12.0 Å². The molecule has 2 atom stereocenters. The van der Waals surface area contributed by atoms with Gasteiger partial charge < -0.3 is 10.2 Å². The van der Waals surface area contributed by atoms with Crippen LogP contribution in [0.3, 0.4) is 0 Å². The summed E-state index contributed by atoms with van der Waals surface area (Å²) in [4.78, 5) is 8.91. The van der Waals surface area contributed by atoms with E-state index in [0.717, 1.165) is 19.0 Å². The van der Waals surface area contributed by atoms with Gasteiger partial charge in [0.05, 0.1) is 5.69 Å². The van der Waals surface area contributed by atoms with Crippen molar-refractivity contribution in [3.8, 4) is 0 Å². The number of anilines is 1. The van der Waals surface area contributed by atoms with Crippen molar-refractivity contribution in [2.24, 2.45) is 5.92 Å². The summed E-state index contributed by atoms with van der Waals surface area (Å²) < 4.78 is 0. The van der Waals surface area contributed by atoms with E-state index in [2.05, 4.69) is 44.8 Å². The van der Waals surface area contributed by atoms with Crippen molar-refractivity contribution < 1.29 is 0 Å². The van der Waals surface area contributed by atoms with E-state index in [9.17, 15) is 0 Å². The molecule has 0 radical (unpaired) electrons. The highest BCUT2D eigenvalue weighted by atomic mass is 32.1. The molecule has 1 aliphatic heterocycles. The maximum Gasteiger partial charge on any atom is 0.186 e. The first-order chi connectivity index (χ1) is 9.32. The number of nitrogens with zero attached hydrogens (tertiary/aromatic N) is 2. The molecule has 114 valence electrons. The highest BCUT2D eigenvalue weighted by Crippen LogP contribution is 2.36. The molecule has 2 unspecified atom stereocenters. The Balaban J connectivity index is 2.28. The number of hydrogen-bond donors (Lipinski definition) is 1. The average molecular weight is 295 g/mol. The van der Waals surface area contributed by atoms with Crippen molar-refractivity contribution in [2.45, 2.75) is 65.5 Å². The maximum atomic E-state index is 5.00. The second kappa shape index (κ2) is 6.02. The van der Waals surface area contributed by atoms with Gasteiger partial charge in [-0.15, -0.1) is 11.3 Å². The number of rotatable bonds is 3. The summed E-state index contributed by atoms with van der Waals surface area (Å²) in [6, 6.07) is 0.611. The van der Waals surface area contributed by atoms with Gasteiger partial charge in [0.15, 0.2) is 5.13 Å². The fourth-order valence-electron chi connectivity index (χ4n) is 3.02. The molecule has 0 spiro atoms. The van der Waals surface area contributed by atoms with Crippen molar-refractivity contribution in [2.75, 3.05) is 18.5 Å². The number of hydrogen-bond acceptors (Lipinski definition) is 4. The molecule has 20 heavy (non-hydrogen) atoms. The van der Waals surface area contributed by atoms with Crippen LogP contribution in [0.5, 0.6) is 0 Å². The Labute approximate surface area is 127 Å². The predicted molar refractivity (Wildman–Crippen MR) is 88.8 cm³/mol. The second-order valence-electron chi connectivity index (χ2n) is 7.22. The molecule has 3 nitrogen and oxygen atoms in total. The third kappa shape index (κ3) is 3.34. The summed E-state index contributed by atoms with van der Waals surface area (Å²) in [5.41, 5.74) is 1.38. The molecule has 2 heterocycles. The summed E-state index contributed by atoms with van der Waals surface area (Å²) in [6.07, 6.45) is 2.57. The molecule has 1 fully saturated rings. The van der Waals surface area contributed by atoms with Crippen molar-refractivity contribution >= 4 is 16.5 Å². The summed E-state index contributed by atoms with van der Waals surface area (Å²) in [5, 5.41) is 4.50. The monoisotopic (exact) mass is 295 g/mol. The standard InChI is InChI=1S/C16H29N3S/c1-11-7-8-19(12(2)9-11)15-18-14(16(3,4)5)13(20-15)10-17-6/h11-12,17H,7-10H2,1-6H3.